The number of nitrogens with zero attached hydrogens (tertiary/aromatic N) is 3. The molecule has 0 aliphatic rings. The van der Waals surface area contributed by atoms with Crippen LogP contribution >= 0.6 is 11.6 Å². The van der Waals surface area contributed by atoms with Crippen LogP contribution in [0.3, 0.4) is 0 Å². The van der Waals surface area contributed by atoms with E-state index in [1.54, 1.807) is 12.3 Å². The van der Waals surface area contributed by atoms with Gasteiger partial charge in [0.2, 0.25) is 5.82 Å². The highest BCUT2D eigenvalue weighted by molar-refractivity contribution is 6.17. The minimum Gasteiger partial charge on any atom is -0.443 e. The lowest BCUT2D eigenvalue weighted by Crippen LogP contribution is -2.08. The normalized spacial score (nSPS) is 10.1. The zero-order valence-electron chi connectivity index (χ0n) is 8.05. The summed E-state index contributed by atoms with van der Waals surface area (Å²) in [5.74, 6) is -0.671. The first kappa shape index (κ1) is 10.6. The lowest BCUT2D eigenvalue weighted by Gasteiger charge is -2.00. The molecule has 0 aromatic carbocycles. The molecule has 2 heterocycles. The van der Waals surface area contributed by atoms with E-state index in [2.05, 4.69) is 24.9 Å². The van der Waals surface area contributed by atoms with Crippen LogP contribution in [0.2, 0.25) is 0 Å². The Morgan fingerprint density at radius 2 is 2.19 bits per heavy atom. The Morgan fingerprint density at radius 1 is 1.44 bits per heavy atom. The monoisotopic (exact) mass is 238 g/mol. The Hall–Kier alpha value is -1.95. The van der Waals surface area contributed by atoms with E-state index in [4.69, 9.17) is 11.6 Å². The fraction of sp³-hybridized carbons (Fsp3) is 0.111. The standard InChI is InChI=1S/C9H7ClN4O2/c10-5-16-9(15)8-11-3-6(4-12-8)7-1-2-13-14-7/h1-4H,5H2,(H,13,14). The smallest absolute Gasteiger partial charge is 0.377 e. The lowest BCUT2D eigenvalue weighted by molar-refractivity contribution is 0.0560. The van der Waals surface area contributed by atoms with Crippen LogP contribution in [0.25, 0.3) is 11.3 Å². The molecule has 16 heavy (non-hydrogen) atoms. The summed E-state index contributed by atoms with van der Waals surface area (Å²) >= 11 is 5.25. The van der Waals surface area contributed by atoms with E-state index in [1.165, 1.54) is 12.4 Å². The van der Waals surface area contributed by atoms with E-state index in [-0.39, 0.29) is 11.9 Å². The summed E-state index contributed by atoms with van der Waals surface area (Å²) in [4.78, 5) is 18.9. The van der Waals surface area contributed by atoms with E-state index in [9.17, 15) is 4.79 Å². The van der Waals surface area contributed by atoms with Gasteiger partial charge in [-0.05, 0) is 6.07 Å². The van der Waals surface area contributed by atoms with Crippen molar-refractivity contribution < 1.29 is 9.53 Å². The molecule has 0 radical (unpaired) electrons. The third-order valence-electron chi connectivity index (χ3n) is 1.83. The van der Waals surface area contributed by atoms with Crippen LogP contribution < -0.4 is 0 Å². The number of nitrogens with one attached hydrogen (secondary N) is 1. The number of aromatic nitrogens is 4. The number of alkyl halides is 1. The van der Waals surface area contributed by atoms with Gasteiger partial charge in [0.15, 0.2) is 6.07 Å². The highest BCUT2D eigenvalue weighted by atomic mass is 35.5. The molecule has 0 atom stereocenters. The maximum absolute atomic E-state index is 11.2. The molecule has 0 aliphatic heterocycles. The molecular weight excluding hydrogens is 232 g/mol. The van der Waals surface area contributed by atoms with Gasteiger partial charge < -0.3 is 4.74 Å². The lowest BCUT2D eigenvalue weighted by atomic mass is 10.2. The van der Waals surface area contributed by atoms with Crippen molar-refractivity contribution in [2.24, 2.45) is 0 Å². The molecule has 2 rings (SSSR count). The van der Waals surface area contributed by atoms with Gasteiger partial charge in [-0.15, -0.1) is 0 Å². The van der Waals surface area contributed by atoms with Gasteiger partial charge in [-0.25, -0.2) is 14.8 Å². The fourth-order valence-electron chi connectivity index (χ4n) is 1.10. The Bertz CT molecular complexity index is 469. The van der Waals surface area contributed by atoms with Crippen molar-refractivity contribution >= 4 is 17.6 Å². The third-order valence-corrected chi connectivity index (χ3v) is 1.94. The summed E-state index contributed by atoms with van der Waals surface area (Å²) in [6.07, 6.45) is 4.63. The molecule has 0 unspecified atom stereocenters. The van der Waals surface area contributed by atoms with E-state index in [0.717, 1.165) is 11.3 Å². The summed E-state index contributed by atoms with van der Waals surface area (Å²) in [5, 5.41) is 6.56. The maximum atomic E-state index is 11.2. The predicted molar refractivity (Wildman–Crippen MR) is 55.7 cm³/mol. The zero-order chi connectivity index (χ0) is 11.4. The summed E-state index contributed by atoms with van der Waals surface area (Å²) < 4.78 is 4.54. The Kier molecular flexibility index (Phi) is 3.11. The van der Waals surface area contributed by atoms with Crippen LogP contribution in [0, 0.1) is 0 Å². The number of ether oxygens (including phenoxy) is 1. The maximum Gasteiger partial charge on any atom is 0.377 e. The number of halogens is 1. The van der Waals surface area contributed by atoms with Crippen molar-refractivity contribution in [3.8, 4) is 11.3 Å². The van der Waals surface area contributed by atoms with Gasteiger partial charge in [0.05, 0.1) is 5.69 Å². The van der Waals surface area contributed by atoms with E-state index >= 15 is 0 Å². The molecular formula is C9H7ClN4O2. The second kappa shape index (κ2) is 4.71. The SMILES string of the molecule is O=C(OCCl)c1ncc(-c2ccn[nH]2)cn1. The zero-order valence-corrected chi connectivity index (χ0v) is 8.81. The van der Waals surface area contributed by atoms with Gasteiger partial charge in [0.1, 0.15) is 0 Å². The van der Waals surface area contributed by atoms with Crippen LogP contribution in [-0.2, 0) is 4.74 Å². The van der Waals surface area contributed by atoms with Gasteiger partial charge in [-0.1, -0.05) is 11.6 Å². The number of H-pyrrole nitrogens is 1. The largest absolute Gasteiger partial charge is 0.443 e. The van der Waals surface area contributed by atoms with Gasteiger partial charge in [-0.2, -0.15) is 5.10 Å². The average Bonchev–Trinajstić information content (AvgIpc) is 2.83. The van der Waals surface area contributed by atoms with Crippen LogP contribution in [0.15, 0.2) is 24.7 Å². The molecule has 7 heteroatoms. The fourth-order valence-corrected chi connectivity index (χ4v) is 1.20. The van der Waals surface area contributed by atoms with Crippen molar-refractivity contribution in [3.63, 3.8) is 0 Å². The Morgan fingerprint density at radius 3 is 2.75 bits per heavy atom. The van der Waals surface area contributed by atoms with Gasteiger partial charge in [0, 0.05) is 24.2 Å². The average molecular weight is 239 g/mol. The van der Waals surface area contributed by atoms with E-state index in [0.29, 0.717) is 0 Å². The van der Waals surface area contributed by atoms with E-state index < -0.39 is 5.97 Å². The second-order valence-corrected chi connectivity index (χ2v) is 3.02. The molecule has 82 valence electrons. The first-order valence-electron chi connectivity index (χ1n) is 4.36. The second-order valence-electron chi connectivity index (χ2n) is 2.81. The molecule has 0 saturated carbocycles. The summed E-state index contributed by atoms with van der Waals surface area (Å²) in [5.41, 5.74) is 1.51. The van der Waals surface area contributed by atoms with Crippen LogP contribution in [-0.4, -0.2) is 32.2 Å². The number of carbonyl (C=O) groups is 1. The van der Waals surface area contributed by atoms with Crippen molar-refractivity contribution in [1.29, 1.82) is 0 Å². The van der Waals surface area contributed by atoms with Crippen molar-refractivity contribution in [2.75, 3.05) is 6.07 Å². The van der Waals surface area contributed by atoms with Gasteiger partial charge in [-0.3, -0.25) is 5.10 Å². The number of carbonyl (C=O) groups excluding carboxylic acids is 1. The highest BCUT2D eigenvalue weighted by Crippen LogP contribution is 2.13. The van der Waals surface area contributed by atoms with Crippen molar-refractivity contribution in [1.82, 2.24) is 20.2 Å². The molecule has 0 spiro atoms. The molecule has 0 amide bonds. The summed E-state index contributed by atoms with van der Waals surface area (Å²) in [6.45, 7) is 0. The predicted octanol–water partition coefficient (Wildman–Crippen LogP) is 1.22. The number of aromatic amines is 1. The molecule has 0 saturated heterocycles. The quantitative estimate of drug-likeness (QED) is 0.642. The topological polar surface area (TPSA) is 80.8 Å². The first-order valence-corrected chi connectivity index (χ1v) is 4.89. The minimum absolute atomic E-state index is 0.0242. The van der Waals surface area contributed by atoms with Crippen LogP contribution in [0.1, 0.15) is 10.6 Å². The van der Waals surface area contributed by atoms with Crippen molar-refractivity contribution in [2.45, 2.75) is 0 Å². The third kappa shape index (κ3) is 2.17. The van der Waals surface area contributed by atoms with E-state index in [1.807, 2.05) is 0 Å². The molecule has 2 aromatic rings. The van der Waals surface area contributed by atoms with Crippen molar-refractivity contribution in [3.05, 3.63) is 30.5 Å². The van der Waals surface area contributed by atoms with Gasteiger partial charge in [0.25, 0.3) is 0 Å². The molecule has 0 aliphatic carbocycles. The molecule has 0 bridgehead atoms. The number of esters is 1. The molecule has 2 aromatic heterocycles. The minimum atomic E-state index is -0.647. The molecule has 6 nitrogen and oxygen atoms in total. The molecule has 0 fully saturated rings. The number of rotatable bonds is 3. The van der Waals surface area contributed by atoms with Crippen LogP contribution in [0.5, 0.6) is 0 Å². The Labute approximate surface area is 95.6 Å². The summed E-state index contributed by atoms with van der Waals surface area (Å²) in [7, 11) is 0. The Balaban J connectivity index is 2.20. The number of hydrogen-bond acceptors (Lipinski definition) is 5. The first-order chi connectivity index (χ1) is 7.81. The van der Waals surface area contributed by atoms with Crippen LogP contribution in [0.4, 0.5) is 0 Å². The van der Waals surface area contributed by atoms with Gasteiger partial charge >= 0.3 is 5.97 Å². The summed E-state index contributed by atoms with van der Waals surface area (Å²) in [6, 6.07) is 1.56. The molecule has 1 N–H and O–H groups in total. The highest BCUT2D eigenvalue weighted by Gasteiger charge is 2.10. The number of hydrogen-bond donors (Lipinski definition) is 1.